The summed E-state index contributed by atoms with van der Waals surface area (Å²) in [6.07, 6.45) is 0. The summed E-state index contributed by atoms with van der Waals surface area (Å²) in [7, 11) is 0. The molecule has 0 atom stereocenters. The Kier molecular flexibility index (Phi) is 5.21. The molecule has 0 spiro atoms. The van der Waals surface area contributed by atoms with Crippen molar-refractivity contribution in [2.24, 2.45) is 0 Å². The number of hydrogen-bond acceptors (Lipinski definition) is 2. The molecule has 0 aromatic heterocycles. The Balaban J connectivity index is 1.86. The number of ether oxygens (including phenoxy) is 1. The number of carbonyl (C=O) groups excluding carboxylic acids is 1. The number of carbonyl (C=O) groups is 1. The van der Waals surface area contributed by atoms with Crippen LogP contribution in [0.4, 0.5) is 0 Å². The van der Waals surface area contributed by atoms with Crippen LogP contribution in [-0.4, -0.2) is 19.1 Å². The van der Waals surface area contributed by atoms with Gasteiger partial charge in [-0.25, -0.2) is 0 Å². The molecular weight excluding hydrogens is 274 g/mol. The van der Waals surface area contributed by atoms with Crippen molar-refractivity contribution in [1.29, 1.82) is 0 Å². The maximum atomic E-state index is 12.0. The molecule has 0 saturated heterocycles. The molecule has 1 N–H and O–H groups in total. The second kappa shape index (κ2) is 7.12. The first-order valence-electron chi connectivity index (χ1n) is 7.53. The Labute approximate surface area is 132 Å². The highest BCUT2D eigenvalue weighted by Crippen LogP contribution is 2.24. The van der Waals surface area contributed by atoms with E-state index in [-0.39, 0.29) is 5.91 Å². The van der Waals surface area contributed by atoms with Crippen LogP contribution in [0, 0.1) is 27.7 Å². The van der Waals surface area contributed by atoms with Gasteiger partial charge in [-0.3, -0.25) is 4.79 Å². The molecule has 1 amide bonds. The largest absolute Gasteiger partial charge is 0.491 e. The van der Waals surface area contributed by atoms with Crippen molar-refractivity contribution in [2.75, 3.05) is 13.2 Å². The summed E-state index contributed by atoms with van der Waals surface area (Å²) in [5, 5.41) is 2.88. The number of nitrogens with one attached hydrogen (secondary N) is 1. The van der Waals surface area contributed by atoms with E-state index in [1.165, 1.54) is 5.56 Å². The van der Waals surface area contributed by atoms with Crippen molar-refractivity contribution in [1.82, 2.24) is 5.32 Å². The Morgan fingerprint density at radius 3 is 2.32 bits per heavy atom. The maximum absolute atomic E-state index is 12.0. The van der Waals surface area contributed by atoms with Gasteiger partial charge in [0.2, 0.25) is 0 Å². The zero-order valence-corrected chi connectivity index (χ0v) is 13.7. The van der Waals surface area contributed by atoms with Crippen LogP contribution >= 0.6 is 0 Å². The predicted octanol–water partition coefficient (Wildman–Crippen LogP) is 3.73. The molecule has 116 valence electrons. The molecule has 2 rings (SSSR count). The van der Waals surface area contributed by atoms with E-state index in [1.54, 1.807) is 0 Å². The van der Waals surface area contributed by atoms with Gasteiger partial charge in [0.15, 0.2) is 0 Å². The second-order valence-corrected chi connectivity index (χ2v) is 5.70. The van der Waals surface area contributed by atoms with Gasteiger partial charge in [0, 0.05) is 5.56 Å². The number of aryl methyl sites for hydroxylation is 4. The lowest BCUT2D eigenvalue weighted by Crippen LogP contribution is -2.28. The summed E-state index contributed by atoms with van der Waals surface area (Å²) < 4.78 is 5.82. The quantitative estimate of drug-likeness (QED) is 0.854. The highest BCUT2D eigenvalue weighted by molar-refractivity contribution is 5.94. The number of amides is 1. The minimum Gasteiger partial charge on any atom is -0.491 e. The summed E-state index contributed by atoms with van der Waals surface area (Å²) >= 11 is 0. The van der Waals surface area contributed by atoms with Gasteiger partial charge in [-0.05, 0) is 51.0 Å². The molecule has 22 heavy (non-hydrogen) atoms. The van der Waals surface area contributed by atoms with Crippen molar-refractivity contribution >= 4 is 5.91 Å². The monoisotopic (exact) mass is 297 g/mol. The highest BCUT2D eigenvalue weighted by Gasteiger charge is 2.07. The van der Waals surface area contributed by atoms with Crippen molar-refractivity contribution in [3.63, 3.8) is 0 Å². The SMILES string of the molecule is Cc1cccc(C(=O)NCCOc2c(C)cc(C)cc2C)c1. The first kappa shape index (κ1) is 16.1. The van der Waals surface area contributed by atoms with Gasteiger partial charge in [-0.15, -0.1) is 0 Å². The van der Waals surface area contributed by atoms with Crippen LogP contribution in [-0.2, 0) is 0 Å². The molecule has 0 heterocycles. The van der Waals surface area contributed by atoms with E-state index in [0.717, 1.165) is 22.4 Å². The third-order valence-corrected chi connectivity index (χ3v) is 3.52. The van der Waals surface area contributed by atoms with Gasteiger partial charge in [0.05, 0.1) is 6.54 Å². The van der Waals surface area contributed by atoms with E-state index >= 15 is 0 Å². The fourth-order valence-electron chi connectivity index (χ4n) is 2.60. The number of benzene rings is 2. The first-order valence-corrected chi connectivity index (χ1v) is 7.53. The topological polar surface area (TPSA) is 38.3 Å². The van der Waals surface area contributed by atoms with Crippen molar-refractivity contribution in [2.45, 2.75) is 27.7 Å². The van der Waals surface area contributed by atoms with Gasteiger partial charge in [-0.1, -0.05) is 35.4 Å². The molecule has 2 aromatic rings. The standard InChI is InChI=1S/C19H23NO2/c1-13-6-5-7-17(12-13)19(21)20-8-9-22-18-15(3)10-14(2)11-16(18)4/h5-7,10-12H,8-9H2,1-4H3,(H,20,21). The predicted molar refractivity (Wildman–Crippen MR) is 89.7 cm³/mol. The molecule has 0 aliphatic heterocycles. The summed E-state index contributed by atoms with van der Waals surface area (Å²) in [5.74, 6) is 0.847. The highest BCUT2D eigenvalue weighted by atomic mass is 16.5. The second-order valence-electron chi connectivity index (χ2n) is 5.70. The summed E-state index contributed by atoms with van der Waals surface area (Å²) in [5.41, 5.74) is 5.25. The average molecular weight is 297 g/mol. The summed E-state index contributed by atoms with van der Waals surface area (Å²) in [4.78, 5) is 12.0. The summed E-state index contributed by atoms with van der Waals surface area (Å²) in [6.45, 7) is 9.08. The van der Waals surface area contributed by atoms with Crippen molar-refractivity contribution in [3.05, 3.63) is 64.2 Å². The maximum Gasteiger partial charge on any atom is 0.251 e. The Morgan fingerprint density at radius 2 is 1.68 bits per heavy atom. The fraction of sp³-hybridized carbons (Fsp3) is 0.316. The van der Waals surface area contributed by atoms with E-state index in [0.29, 0.717) is 18.7 Å². The minimum atomic E-state index is -0.0651. The fourth-order valence-corrected chi connectivity index (χ4v) is 2.60. The lowest BCUT2D eigenvalue weighted by molar-refractivity contribution is 0.0947. The molecule has 0 fully saturated rings. The molecular formula is C19H23NO2. The summed E-state index contributed by atoms with van der Waals surface area (Å²) in [6, 6.07) is 11.8. The molecule has 2 aromatic carbocycles. The van der Waals surface area contributed by atoms with Gasteiger partial charge < -0.3 is 10.1 Å². The molecule has 3 heteroatoms. The van der Waals surface area contributed by atoms with E-state index in [4.69, 9.17) is 4.74 Å². The number of hydrogen-bond donors (Lipinski definition) is 1. The van der Waals surface area contributed by atoms with Crippen LogP contribution in [0.25, 0.3) is 0 Å². The zero-order valence-electron chi connectivity index (χ0n) is 13.7. The minimum absolute atomic E-state index is 0.0651. The van der Waals surface area contributed by atoms with Crippen LogP contribution in [0.5, 0.6) is 5.75 Å². The molecule has 0 bridgehead atoms. The van der Waals surface area contributed by atoms with E-state index < -0.39 is 0 Å². The first-order chi connectivity index (χ1) is 10.5. The van der Waals surface area contributed by atoms with Crippen LogP contribution in [0.2, 0.25) is 0 Å². The third-order valence-electron chi connectivity index (χ3n) is 3.52. The average Bonchev–Trinajstić information content (AvgIpc) is 2.45. The van der Waals surface area contributed by atoms with Crippen LogP contribution in [0.1, 0.15) is 32.6 Å². The Bertz CT molecular complexity index is 654. The van der Waals surface area contributed by atoms with Crippen LogP contribution in [0.3, 0.4) is 0 Å². The lowest BCUT2D eigenvalue weighted by Gasteiger charge is -2.13. The van der Waals surface area contributed by atoms with E-state index in [9.17, 15) is 4.79 Å². The van der Waals surface area contributed by atoms with Crippen molar-refractivity contribution < 1.29 is 9.53 Å². The normalized spacial score (nSPS) is 10.4. The molecule has 0 unspecified atom stereocenters. The van der Waals surface area contributed by atoms with Crippen molar-refractivity contribution in [3.8, 4) is 5.75 Å². The molecule has 0 aliphatic carbocycles. The molecule has 3 nitrogen and oxygen atoms in total. The molecule has 0 saturated carbocycles. The molecule has 0 radical (unpaired) electrons. The van der Waals surface area contributed by atoms with Gasteiger partial charge in [-0.2, -0.15) is 0 Å². The van der Waals surface area contributed by atoms with Crippen LogP contribution < -0.4 is 10.1 Å². The zero-order chi connectivity index (χ0) is 16.1. The smallest absolute Gasteiger partial charge is 0.251 e. The van der Waals surface area contributed by atoms with Crippen LogP contribution in [0.15, 0.2) is 36.4 Å². The number of rotatable bonds is 5. The van der Waals surface area contributed by atoms with Gasteiger partial charge in [0.1, 0.15) is 12.4 Å². The van der Waals surface area contributed by atoms with E-state index in [2.05, 4.69) is 24.4 Å². The molecule has 0 aliphatic rings. The third kappa shape index (κ3) is 4.10. The lowest BCUT2D eigenvalue weighted by atomic mass is 10.1. The van der Waals surface area contributed by atoms with Gasteiger partial charge >= 0.3 is 0 Å². The Hall–Kier alpha value is -2.29. The van der Waals surface area contributed by atoms with E-state index in [1.807, 2.05) is 45.0 Å². The van der Waals surface area contributed by atoms with Gasteiger partial charge in [0.25, 0.3) is 5.91 Å². The Morgan fingerprint density at radius 1 is 1.00 bits per heavy atom.